The van der Waals surface area contributed by atoms with Crippen LogP contribution in [-0.2, 0) is 21.9 Å². The fraction of sp³-hybridized carbons (Fsp3) is 0.667. The van der Waals surface area contributed by atoms with Gasteiger partial charge in [0.25, 0.3) is 0 Å². The molecule has 1 fully saturated rings. The number of hydrogen-bond acceptors (Lipinski definition) is 5. The molecule has 0 spiro atoms. The lowest BCUT2D eigenvalue weighted by atomic mass is 10.0. The van der Waals surface area contributed by atoms with Crippen molar-refractivity contribution >= 4 is 21.7 Å². The van der Waals surface area contributed by atoms with E-state index in [0.29, 0.717) is 18.7 Å². The molecule has 0 radical (unpaired) electrons. The van der Waals surface area contributed by atoms with E-state index >= 15 is 0 Å². The lowest BCUT2D eigenvalue weighted by Crippen LogP contribution is -2.51. The molecule has 0 saturated carbocycles. The van der Waals surface area contributed by atoms with Gasteiger partial charge < -0.3 is 11.1 Å². The van der Waals surface area contributed by atoms with E-state index < -0.39 is 16.1 Å². The molecule has 1 aromatic heterocycles. The van der Waals surface area contributed by atoms with Crippen LogP contribution in [0.1, 0.15) is 25.0 Å². The number of nitrogens with one attached hydrogen (secondary N) is 1. The number of amides is 1. The summed E-state index contributed by atoms with van der Waals surface area (Å²) in [4.78, 5) is 12.0. The standard InChI is InChI=1S/C12H21N5O3S/c1-8-10(11(13)15-16(8)3)21(19,20)17-7-5-4-6-9(17)12(18)14-2/h9H,4-7H2,1-3H3,(H2,13,15)(H,14,18). The molecule has 9 heteroatoms. The summed E-state index contributed by atoms with van der Waals surface area (Å²) in [5, 5.41) is 6.48. The van der Waals surface area contributed by atoms with Gasteiger partial charge in [0.15, 0.2) is 5.82 Å². The van der Waals surface area contributed by atoms with Gasteiger partial charge in [0, 0.05) is 20.6 Å². The Bertz CT molecular complexity index is 652. The monoisotopic (exact) mass is 315 g/mol. The van der Waals surface area contributed by atoms with E-state index in [1.165, 1.54) is 16.0 Å². The van der Waals surface area contributed by atoms with Crippen LogP contribution in [0.2, 0.25) is 0 Å². The molecule has 118 valence electrons. The van der Waals surface area contributed by atoms with E-state index in [9.17, 15) is 13.2 Å². The van der Waals surface area contributed by atoms with E-state index in [1.54, 1.807) is 14.0 Å². The Morgan fingerprint density at radius 3 is 2.62 bits per heavy atom. The number of sulfonamides is 1. The third-order valence-electron chi connectivity index (χ3n) is 3.87. The number of anilines is 1. The Hall–Kier alpha value is -1.61. The molecular formula is C12H21N5O3S. The number of nitrogens with two attached hydrogens (primary N) is 1. The Morgan fingerprint density at radius 1 is 1.43 bits per heavy atom. The van der Waals surface area contributed by atoms with Crippen LogP contribution in [0.4, 0.5) is 5.82 Å². The quantitative estimate of drug-likeness (QED) is 0.788. The molecule has 1 aliphatic rings. The lowest BCUT2D eigenvalue weighted by molar-refractivity contribution is -0.125. The van der Waals surface area contributed by atoms with Crippen molar-refractivity contribution in [3.05, 3.63) is 5.69 Å². The van der Waals surface area contributed by atoms with Crippen LogP contribution in [-0.4, -0.2) is 48.0 Å². The van der Waals surface area contributed by atoms with Gasteiger partial charge in [-0.2, -0.15) is 9.40 Å². The highest BCUT2D eigenvalue weighted by molar-refractivity contribution is 7.89. The average Bonchev–Trinajstić information content (AvgIpc) is 2.71. The van der Waals surface area contributed by atoms with Gasteiger partial charge in [-0.1, -0.05) is 6.42 Å². The zero-order valence-electron chi connectivity index (χ0n) is 12.5. The number of likely N-dealkylation sites (N-methyl/N-ethyl adjacent to an activating group) is 1. The van der Waals surface area contributed by atoms with Gasteiger partial charge in [0.05, 0.1) is 5.69 Å². The molecule has 0 bridgehead atoms. The number of nitrogens with zero attached hydrogens (tertiary/aromatic N) is 3. The molecular weight excluding hydrogens is 294 g/mol. The van der Waals surface area contributed by atoms with Gasteiger partial charge in [-0.25, -0.2) is 8.42 Å². The summed E-state index contributed by atoms with van der Waals surface area (Å²) in [6.07, 6.45) is 2.07. The van der Waals surface area contributed by atoms with Gasteiger partial charge in [-0.05, 0) is 19.8 Å². The number of rotatable bonds is 3. The molecule has 0 aromatic carbocycles. The van der Waals surface area contributed by atoms with Crippen molar-refractivity contribution in [2.24, 2.45) is 7.05 Å². The Kier molecular flexibility index (Phi) is 4.24. The first-order valence-electron chi connectivity index (χ1n) is 6.83. The van der Waals surface area contributed by atoms with Crippen LogP contribution in [0.25, 0.3) is 0 Å². The average molecular weight is 315 g/mol. The second-order valence-electron chi connectivity index (χ2n) is 5.16. The Balaban J connectivity index is 2.48. The minimum absolute atomic E-state index is 0.000744. The van der Waals surface area contributed by atoms with Crippen LogP contribution in [0.15, 0.2) is 4.90 Å². The van der Waals surface area contributed by atoms with E-state index in [0.717, 1.165) is 12.8 Å². The molecule has 1 aromatic rings. The molecule has 3 N–H and O–H groups in total. The number of aromatic nitrogens is 2. The predicted molar refractivity (Wildman–Crippen MR) is 78.0 cm³/mol. The SMILES string of the molecule is CNC(=O)C1CCCCN1S(=O)(=O)c1c(N)nn(C)c1C. The minimum Gasteiger partial charge on any atom is -0.381 e. The fourth-order valence-corrected chi connectivity index (χ4v) is 4.62. The minimum atomic E-state index is -3.84. The molecule has 1 atom stereocenters. The first-order valence-corrected chi connectivity index (χ1v) is 8.27. The second-order valence-corrected chi connectivity index (χ2v) is 6.99. The first-order chi connectivity index (χ1) is 9.80. The van der Waals surface area contributed by atoms with Gasteiger partial charge >= 0.3 is 0 Å². The van der Waals surface area contributed by atoms with Gasteiger partial charge in [-0.15, -0.1) is 0 Å². The maximum absolute atomic E-state index is 12.9. The maximum Gasteiger partial charge on any atom is 0.249 e. The molecule has 1 aliphatic heterocycles. The van der Waals surface area contributed by atoms with Crippen LogP contribution in [0.3, 0.4) is 0 Å². The van der Waals surface area contributed by atoms with Crippen molar-refractivity contribution in [1.29, 1.82) is 0 Å². The molecule has 8 nitrogen and oxygen atoms in total. The maximum atomic E-state index is 12.9. The Morgan fingerprint density at radius 2 is 2.10 bits per heavy atom. The van der Waals surface area contributed by atoms with Crippen molar-refractivity contribution in [3.63, 3.8) is 0 Å². The van der Waals surface area contributed by atoms with Gasteiger partial charge in [0.2, 0.25) is 15.9 Å². The number of carbonyl (C=O) groups excluding carboxylic acids is 1. The van der Waals surface area contributed by atoms with Crippen molar-refractivity contribution in [2.45, 2.75) is 37.1 Å². The molecule has 1 amide bonds. The summed E-state index contributed by atoms with van der Waals surface area (Å²) >= 11 is 0. The number of nitrogen functional groups attached to an aromatic ring is 1. The highest BCUT2D eigenvalue weighted by Gasteiger charge is 2.39. The predicted octanol–water partition coefficient (Wildman–Crippen LogP) is -0.400. The summed E-state index contributed by atoms with van der Waals surface area (Å²) in [6.45, 7) is 1.96. The van der Waals surface area contributed by atoms with Gasteiger partial charge in [-0.3, -0.25) is 9.48 Å². The van der Waals surface area contributed by atoms with Crippen LogP contribution in [0.5, 0.6) is 0 Å². The molecule has 1 unspecified atom stereocenters. The molecule has 21 heavy (non-hydrogen) atoms. The summed E-state index contributed by atoms with van der Waals surface area (Å²) in [6, 6.07) is -0.687. The number of aryl methyl sites for hydroxylation is 1. The van der Waals surface area contributed by atoms with Crippen molar-refractivity contribution in [2.75, 3.05) is 19.3 Å². The summed E-state index contributed by atoms with van der Waals surface area (Å²) < 4.78 is 28.4. The highest BCUT2D eigenvalue weighted by atomic mass is 32.2. The largest absolute Gasteiger partial charge is 0.381 e. The topological polar surface area (TPSA) is 110 Å². The normalized spacial score (nSPS) is 20.4. The third kappa shape index (κ3) is 2.62. The van der Waals surface area contributed by atoms with Crippen molar-refractivity contribution in [1.82, 2.24) is 19.4 Å². The van der Waals surface area contributed by atoms with E-state index in [-0.39, 0.29) is 16.6 Å². The smallest absolute Gasteiger partial charge is 0.249 e. The summed E-state index contributed by atoms with van der Waals surface area (Å²) in [7, 11) is -0.701. The number of carbonyl (C=O) groups is 1. The van der Waals surface area contributed by atoms with Crippen LogP contribution >= 0.6 is 0 Å². The molecule has 0 aliphatic carbocycles. The van der Waals surface area contributed by atoms with E-state index in [1.807, 2.05) is 0 Å². The zero-order chi connectivity index (χ0) is 15.8. The summed E-state index contributed by atoms with van der Waals surface area (Å²) in [5.74, 6) is -0.324. The van der Waals surface area contributed by atoms with Gasteiger partial charge in [0.1, 0.15) is 10.9 Å². The lowest BCUT2D eigenvalue weighted by Gasteiger charge is -2.33. The number of hydrogen-bond donors (Lipinski definition) is 2. The highest BCUT2D eigenvalue weighted by Crippen LogP contribution is 2.30. The molecule has 2 heterocycles. The first kappa shape index (κ1) is 15.8. The van der Waals surface area contributed by atoms with E-state index in [4.69, 9.17) is 5.73 Å². The summed E-state index contributed by atoms with van der Waals surface area (Å²) in [5.41, 5.74) is 6.22. The van der Waals surface area contributed by atoms with Crippen LogP contribution < -0.4 is 11.1 Å². The van der Waals surface area contributed by atoms with Crippen molar-refractivity contribution < 1.29 is 13.2 Å². The third-order valence-corrected chi connectivity index (χ3v) is 5.95. The van der Waals surface area contributed by atoms with Crippen molar-refractivity contribution in [3.8, 4) is 0 Å². The molecule has 2 rings (SSSR count). The zero-order valence-corrected chi connectivity index (χ0v) is 13.3. The fourth-order valence-electron chi connectivity index (χ4n) is 2.67. The number of piperidine rings is 1. The molecule has 1 saturated heterocycles. The van der Waals surface area contributed by atoms with E-state index in [2.05, 4.69) is 10.4 Å². The van der Waals surface area contributed by atoms with Crippen LogP contribution in [0, 0.1) is 6.92 Å². The Labute approximate surface area is 124 Å². The second kappa shape index (κ2) is 5.64.